The van der Waals surface area contributed by atoms with Crippen LogP contribution in [0.2, 0.25) is 0 Å². The average molecular weight is 442 g/mol. The summed E-state index contributed by atoms with van der Waals surface area (Å²) in [6, 6.07) is 17.9. The molecule has 0 saturated carbocycles. The first kappa shape index (κ1) is 21.5. The number of urea groups is 1. The second-order valence-electron chi connectivity index (χ2n) is 8.25. The van der Waals surface area contributed by atoms with Gasteiger partial charge in [-0.05, 0) is 43.5 Å². The maximum Gasteiger partial charge on any atom is 0.325 e. The molecule has 2 heterocycles. The zero-order valence-electron chi connectivity index (χ0n) is 17.4. The number of carbonyl (C=O) groups excluding carboxylic acids is 2. The molecule has 2 aromatic carbocycles. The lowest BCUT2D eigenvalue weighted by molar-refractivity contribution is -0.133. The van der Waals surface area contributed by atoms with Gasteiger partial charge in [-0.2, -0.15) is 0 Å². The van der Waals surface area contributed by atoms with Crippen molar-refractivity contribution in [2.45, 2.75) is 36.2 Å². The van der Waals surface area contributed by atoms with Crippen LogP contribution in [0.1, 0.15) is 24.8 Å². The first-order valence-electron chi connectivity index (χ1n) is 10.6. The van der Waals surface area contributed by atoms with Crippen molar-refractivity contribution in [3.05, 3.63) is 66.2 Å². The van der Waals surface area contributed by atoms with Gasteiger partial charge in [0.25, 0.3) is 5.91 Å². The zero-order valence-corrected chi connectivity index (χ0v) is 18.2. The van der Waals surface area contributed by atoms with Crippen LogP contribution in [0.25, 0.3) is 0 Å². The summed E-state index contributed by atoms with van der Waals surface area (Å²) in [6.07, 6.45) is 1.62. The van der Waals surface area contributed by atoms with Gasteiger partial charge in [0.15, 0.2) is 9.84 Å². The second kappa shape index (κ2) is 8.80. The number of sulfone groups is 1. The molecule has 2 saturated heterocycles. The van der Waals surface area contributed by atoms with E-state index in [0.717, 1.165) is 19.5 Å². The van der Waals surface area contributed by atoms with Gasteiger partial charge in [-0.3, -0.25) is 14.6 Å². The molecule has 1 unspecified atom stereocenters. The van der Waals surface area contributed by atoms with Crippen molar-refractivity contribution in [1.82, 2.24) is 15.1 Å². The van der Waals surface area contributed by atoms with E-state index in [1.165, 1.54) is 10.5 Å². The molecule has 2 aromatic rings. The predicted molar refractivity (Wildman–Crippen MR) is 117 cm³/mol. The molecule has 31 heavy (non-hydrogen) atoms. The zero-order chi connectivity index (χ0) is 21.9. The van der Waals surface area contributed by atoms with Crippen LogP contribution in [0.15, 0.2) is 65.6 Å². The van der Waals surface area contributed by atoms with Crippen molar-refractivity contribution in [3.8, 4) is 0 Å². The quantitative estimate of drug-likeness (QED) is 0.667. The lowest BCUT2D eigenvalue weighted by Gasteiger charge is -2.38. The van der Waals surface area contributed by atoms with E-state index in [2.05, 4.69) is 22.3 Å². The normalized spacial score (nSPS) is 22.1. The van der Waals surface area contributed by atoms with Crippen LogP contribution in [-0.2, 0) is 21.2 Å². The molecule has 1 N–H and O–H groups in total. The van der Waals surface area contributed by atoms with E-state index in [9.17, 15) is 18.0 Å². The molecule has 2 aliphatic rings. The van der Waals surface area contributed by atoms with Crippen molar-refractivity contribution in [2.24, 2.45) is 0 Å². The summed E-state index contributed by atoms with van der Waals surface area (Å²) in [5, 5.41) is 2.91. The minimum absolute atomic E-state index is 0.0944. The standard InChI is InChI=1S/C23H27N3O4S/c27-21-23(13-7-14-25(18-23)17-19-9-3-1-4-10-19)24-22(28)26(21)15-8-16-31(29,30)20-11-5-2-6-12-20/h1-6,9-12H,7-8,13-18H2,(H,24,28). The second-order valence-corrected chi connectivity index (χ2v) is 10.4. The van der Waals surface area contributed by atoms with Crippen molar-refractivity contribution < 1.29 is 18.0 Å². The van der Waals surface area contributed by atoms with E-state index < -0.39 is 21.4 Å². The Morgan fingerprint density at radius 2 is 1.65 bits per heavy atom. The topological polar surface area (TPSA) is 86.8 Å². The number of benzene rings is 2. The third-order valence-corrected chi connectivity index (χ3v) is 7.78. The minimum atomic E-state index is -3.44. The summed E-state index contributed by atoms with van der Waals surface area (Å²) >= 11 is 0. The Balaban J connectivity index is 1.38. The number of carbonyl (C=O) groups is 2. The highest BCUT2D eigenvalue weighted by Crippen LogP contribution is 2.29. The monoisotopic (exact) mass is 441 g/mol. The van der Waals surface area contributed by atoms with E-state index >= 15 is 0 Å². The molecule has 0 radical (unpaired) electrons. The number of piperidine rings is 1. The summed E-state index contributed by atoms with van der Waals surface area (Å²) in [4.78, 5) is 29.4. The smallest absolute Gasteiger partial charge is 0.322 e. The Hall–Kier alpha value is -2.71. The van der Waals surface area contributed by atoms with Gasteiger partial charge in [-0.15, -0.1) is 0 Å². The van der Waals surface area contributed by atoms with Crippen LogP contribution >= 0.6 is 0 Å². The summed E-state index contributed by atoms with van der Waals surface area (Å²) in [7, 11) is -3.44. The molecule has 0 aliphatic carbocycles. The van der Waals surface area contributed by atoms with E-state index in [0.29, 0.717) is 13.0 Å². The van der Waals surface area contributed by atoms with Crippen LogP contribution in [0, 0.1) is 0 Å². The summed E-state index contributed by atoms with van der Waals surface area (Å²) in [5.74, 6) is -0.353. The fourth-order valence-electron chi connectivity index (χ4n) is 4.44. The first-order chi connectivity index (χ1) is 14.9. The van der Waals surface area contributed by atoms with Crippen molar-refractivity contribution in [2.75, 3.05) is 25.4 Å². The largest absolute Gasteiger partial charge is 0.325 e. The van der Waals surface area contributed by atoms with Crippen LogP contribution in [0.4, 0.5) is 4.79 Å². The molecule has 0 aromatic heterocycles. The van der Waals surface area contributed by atoms with Crippen LogP contribution < -0.4 is 5.32 Å². The number of imide groups is 1. The number of rotatable bonds is 7. The lowest BCUT2D eigenvalue weighted by atomic mass is 9.88. The molecule has 3 amide bonds. The highest BCUT2D eigenvalue weighted by Gasteiger charge is 2.52. The lowest BCUT2D eigenvalue weighted by Crippen LogP contribution is -2.58. The highest BCUT2D eigenvalue weighted by molar-refractivity contribution is 7.91. The van der Waals surface area contributed by atoms with E-state index in [1.54, 1.807) is 30.3 Å². The molecular formula is C23H27N3O4S. The average Bonchev–Trinajstić information content (AvgIpc) is 2.98. The van der Waals surface area contributed by atoms with Crippen molar-refractivity contribution in [1.29, 1.82) is 0 Å². The predicted octanol–water partition coefficient (Wildman–Crippen LogP) is 2.44. The fraction of sp³-hybridized carbons (Fsp3) is 0.391. The molecule has 7 nitrogen and oxygen atoms in total. The maximum absolute atomic E-state index is 13.2. The number of nitrogens with one attached hydrogen (secondary N) is 1. The Kier molecular flexibility index (Phi) is 6.11. The Labute approximate surface area is 183 Å². The molecule has 1 spiro atoms. The van der Waals surface area contributed by atoms with Crippen LogP contribution in [-0.4, -0.2) is 61.1 Å². The SMILES string of the molecule is O=C1NC2(CCCN(Cc3ccccc3)C2)C(=O)N1CCCS(=O)(=O)c1ccccc1. The summed E-state index contributed by atoms with van der Waals surface area (Å²) in [6.45, 7) is 2.15. The van der Waals surface area contributed by atoms with Gasteiger partial charge in [0, 0.05) is 19.6 Å². The molecule has 1 atom stereocenters. The minimum Gasteiger partial charge on any atom is -0.322 e. The number of hydrogen-bond acceptors (Lipinski definition) is 5. The van der Waals surface area contributed by atoms with Gasteiger partial charge in [0.2, 0.25) is 0 Å². The number of likely N-dealkylation sites (tertiary alicyclic amines) is 1. The van der Waals surface area contributed by atoms with Crippen molar-refractivity contribution in [3.63, 3.8) is 0 Å². The van der Waals surface area contributed by atoms with Gasteiger partial charge in [0.05, 0.1) is 10.6 Å². The molecule has 2 aliphatic heterocycles. The maximum atomic E-state index is 13.2. The summed E-state index contributed by atoms with van der Waals surface area (Å²) < 4.78 is 24.9. The van der Waals surface area contributed by atoms with Gasteiger partial charge >= 0.3 is 6.03 Å². The van der Waals surface area contributed by atoms with E-state index in [4.69, 9.17) is 0 Å². The Morgan fingerprint density at radius 1 is 0.968 bits per heavy atom. The Bertz CT molecular complexity index is 1040. The molecule has 164 valence electrons. The molecular weight excluding hydrogens is 414 g/mol. The molecule has 4 rings (SSSR count). The van der Waals surface area contributed by atoms with E-state index in [-0.39, 0.29) is 29.5 Å². The highest BCUT2D eigenvalue weighted by atomic mass is 32.2. The third kappa shape index (κ3) is 4.65. The number of nitrogens with zero attached hydrogens (tertiary/aromatic N) is 2. The third-order valence-electron chi connectivity index (χ3n) is 5.96. The number of amides is 3. The Morgan fingerprint density at radius 3 is 2.35 bits per heavy atom. The molecule has 2 fully saturated rings. The van der Waals surface area contributed by atoms with Gasteiger partial charge in [0.1, 0.15) is 5.54 Å². The van der Waals surface area contributed by atoms with Crippen LogP contribution in [0.3, 0.4) is 0 Å². The van der Waals surface area contributed by atoms with Gasteiger partial charge < -0.3 is 5.32 Å². The van der Waals surface area contributed by atoms with Crippen LogP contribution in [0.5, 0.6) is 0 Å². The summed E-state index contributed by atoms with van der Waals surface area (Å²) in [5.41, 5.74) is 0.252. The first-order valence-corrected chi connectivity index (χ1v) is 12.2. The van der Waals surface area contributed by atoms with Crippen molar-refractivity contribution >= 4 is 21.8 Å². The molecule has 0 bridgehead atoms. The van der Waals surface area contributed by atoms with Gasteiger partial charge in [-0.25, -0.2) is 13.2 Å². The van der Waals surface area contributed by atoms with Gasteiger partial charge in [-0.1, -0.05) is 48.5 Å². The number of hydrogen-bond donors (Lipinski definition) is 1. The van der Waals surface area contributed by atoms with E-state index in [1.807, 2.05) is 18.2 Å². The molecule has 8 heteroatoms. The fourth-order valence-corrected chi connectivity index (χ4v) is 5.75.